The first-order valence-electron chi connectivity index (χ1n) is 8.59. The minimum Gasteiger partial charge on any atom is -0.375 e. The summed E-state index contributed by atoms with van der Waals surface area (Å²) in [4.78, 5) is 18.0. The van der Waals surface area contributed by atoms with Crippen LogP contribution in [0.15, 0.2) is 35.8 Å². The molecule has 0 aliphatic carbocycles. The molecule has 0 radical (unpaired) electrons. The number of ether oxygens (including phenoxy) is 1. The Balaban J connectivity index is 1.58. The maximum absolute atomic E-state index is 13.5. The molecule has 0 saturated carbocycles. The molecule has 2 aromatic heterocycles. The van der Waals surface area contributed by atoms with Gasteiger partial charge in [-0.05, 0) is 38.8 Å². The van der Waals surface area contributed by atoms with Crippen molar-refractivity contribution in [3.63, 3.8) is 0 Å². The van der Waals surface area contributed by atoms with Gasteiger partial charge >= 0.3 is 0 Å². The summed E-state index contributed by atoms with van der Waals surface area (Å²) in [7, 11) is 0. The Morgan fingerprint density at radius 3 is 3.08 bits per heavy atom. The lowest BCUT2D eigenvalue weighted by atomic mass is 9.94. The Labute approximate surface area is 154 Å². The summed E-state index contributed by atoms with van der Waals surface area (Å²) < 4.78 is 20.9. The van der Waals surface area contributed by atoms with Gasteiger partial charge in [0.2, 0.25) is 0 Å². The smallest absolute Gasteiger partial charge is 0.269 e. The average Bonchev–Trinajstić information content (AvgIpc) is 3.14. The van der Waals surface area contributed by atoms with Gasteiger partial charge in [0.15, 0.2) is 4.96 Å². The zero-order valence-electron chi connectivity index (χ0n) is 14.7. The number of imidazole rings is 1. The molecule has 1 fully saturated rings. The number of halogens is 1. The van der Waals surface area contributed by atoms with Gasteiger partial charge in [0.25, 0.3) is 5.91 Å². The molecule has 26 heavy (non-hydrogen) atoms. The van der Waals surface area contributed by atoms with E-state index in [1.165, 1.54) is 23.5 Å². The molecular formula is C19H20FN3O2S. The predicted molar refractivity (Wildman–Crippen MR) is 99.0 cm³/mol. The number of aromatic nitrogens is 2. The van der Waals surface area contributed by atoms with Crippen molar-refractivity contribution in [3.8, 4) is 11.3 Å². The Kier molecular flexibility index (Phi) is 4.28. The van der Waals surface area contributed by atoms with Crippen molar-refractivity contribution in [2.75, 3.05) is 6.61 Å². The molecule has 7 heteroatoms. The third-order valence-corrected chi connectivity index (χ3v) is 5.43. The fourth-order valence-corrected chi connectivity index (χ4v) is 4.20. The van der Waals surface area contributed by atoms with E-state index in [0.717, 1.165) is 12.8 Å². The van der Waals surface area contributed by atoms with Gasteiger partial charge in [0, 0.05) is 29.8 Å². The van der Waals surface area contributed by atoms with Gasteiger partial charge in [0.05, 0.1) is 11.3 Å². The maximum Gasteiger partial charge on any atom is 0.269 e. The molecule has 1 N–H and O–H groups in total. The van der Waals surface area contributed by atoms with Crippen molar-refractivity contribution < 1.29 is 13.9 Å². The molecule has 1 saturated heterocycles. The topological polar surface area (TPSA) is 55.6 Å². The summed E-state index contributed by atoms with van der Waals surface area (Å²) in [5, 5.41) is 4.91. The number of nitrogens with one attached hydrogen (secondary N) is 1. The number of benzene rings is 1. The van der Waals surface area contributed by atoms with Crippen molar-refractivity contribution in [1.29, 1.82) is 0 Å². The summed E-state index contributed by atoms with van der Waals surface area (Å²) in [6.07, 6.45) is 3.37. The zero-order chi connectivity index (χ0) is 18.3. The predicted octanol–water partition coefficient (Wildman–Crippen LogP) is 3.89. The molecule has 3 aromatic rings. The van der Waals surface area contributed by atoms with Crippen molar-refractivity contribution in [3.05, 3.63) is 47.4 Å². The number of fused-ring (bicyclic) bond motifs is 1. The first kappa shape index (κ1) is 17.2. The summed E-state index contributed by atoms with van der Waals surface area (Å²) in [6.45, 7) is 4.72. The molecule has 1 aromatic carbocycles. The largest absolute Gasteiger partial charge is 0.375 e. The molecule has 0 bridgehead atoms. The fraction of sp³-hybridized carbons (Fsp3) is 0.368. The Morgan fingerprint density at radius 2 is 2.31 bits per heavy atom. The third kappa shape index (κ3) is 3.37. The third-order valence-electron chi connectivity index (χ3n) is 4.59. The first-order chi connectivity index (χ1) is 12.4. The lowest BCUT2D eigenvalue weighted by Gasteiger charge is -2.35. The Bertz CT molecular complexity index is 963. The monoisotopic (exact) mass is 373 g/mol. The minimum absolute atomic E-state index is 0.0902. The second-order valence-corrected chi connectivity index (χ2v) is 8.02. The van der Waals surface area contributed by atoms with Crippen LogP contribution in [-0.2, 0) is 4.74 Å². The number of rotatable bonds is 3. The molecule has 1 aliphatic rings. The van der Waals surface area contributed by atoms with Crippen LogP contribution in [0.1, 0.15) is 37.2 Å². The molecule has 3 heterocycles. The van der Waals surface area contributed by atoms with E-state index in [0.29, 0.717) is 28.5 Å². The summed E-state index contributed by atoms with van der Waals surface area (Å²) >= 11 is 1.40. The Hall–Kier alpha value is -2.25. The van der Waals surface area contributed by atoms with Crippen LogP contribution >= 0.6 is 11.3 Å². The second kappa shape index (κ2) is 6.48. The zero-order valence-corrected chi connectivity index (χ0v) is 15.5. The van der Waals surface area contributed by atoms with Crippen molar-refractivity contribution in [1.82, 2.24) is 14.7 Å². The van der Waals surface area contributed by atoms with Crippen molar-refractivity contribution in [2.45, 2.75) is 38.3 Å². The van der Waals surface area contributed by atoms with E-state index >= 15 is 0 Å². The highest BCUT2D eigenvalue weighted by Gasteiger charge is 2.30. The molecule has 0 spiro atoms. The molecule has 1 atom stereocenters. The normalized spacial score (nSPS) is 19.6. The first-order valence-corrected chi connectivity index (χ1v) is 9.47. The van der Waals surface area contributed by atoms with Crippen molar-refractivity contribution >= 4 is 22.2 Å². The van der Waals surface area contributed by atoms with Gasteiger partial charge in [-0.2, -0.15) is 0 Å². The van der Waals surface area contributed by atoms with Gasteiger partial charge < -0.3 is 10.1 Å². The highest BCUT2D eigenvalue weighted by Crippen LogP contribution is 2.26. The van der Waals surface area contributed by atoms with Crippen LogP contribution < -0.4 is 5.32 Å². The highest BCUT2D eigenvalue weighted by atomic mass is 32.1. The van der Waals surface area contributed by atoms with Gasteiger partial charge in [-0.15, -0.1) is 11.3 Å². The fourth-order valence-electron chi connectivity index (χ4n) is 3.35. The van der Waals surface area contributed by atoms with Crippen molar-refractivity contribution in [2.24, 2.45) is 0 Å². The number of hydrogen-bond acceptors (Lipinski definition) is 4. The van der Waals surface area contributed by atoms with Gasteiger partial charge in [-0.25, -0.2) is 9.37 Å². The van der Waals surface area contributed by atoms with E-state index in [-0.39, 0.29) is 23.4 Å². The van der Waals surface area contributed by atoms with Crippen LogP contribution in [0, 0.1) is 5.82 Å². The summed E-state index contributed by atoms with van der Waals surface area (Å²) in [5.41, 5.74) is 1.67. The van der Waals surface area contributed by atoms with Crippen LogP contribution in [-0.4, -0.2) is 33.5 Å². The van der Waals surface area contributed by atoms with Crippen LogP contribution in [0.25, 0.3) is 16.2 Å². The van der Waals surface area contributed by atoms with Crippen LogP contribution in [0.5, 0.6) is 0 Å². The number of amides is 1. The van der Waals surface area contributed by atoms with E-state index in [9.17, 15) is 9.18 Å². The highest BCUT2D eigenvalue weighted by molar-refractivity contribution is 7.15. The Morgan fingerprint density at radius 1 is 1.46 bits per heavy atom. The molecule has 0 unspecified atom stereocenters. The van der Waals surface area contributed by atoms with Crippen LogP contribution in [0.2, 0.25) is 0 Å². The molecule has 1 aliphatic heterocycles. The van der Waals surface area contributed by atoms with E-state index in [2.05, 4.69) is 10.3 Å². The van der Waals surface area contributed by atoms with Gasteiger partial charge in [-0.3, -0.25) is 9.20 Å². The quantitative estimate of drug-likeness (QED) is 0.758. The maximum atomic E-state index is 13.5. The SMILES string of the molecule is CC1(C)C[C@@H](NC(=O)c2csc3nc(-c4cccc(F)c4)cn23)CCO1. The number of hydrogen-bond donors (Lipinski definition) is 1. The lowest BCUT2D eigenvalue weighted by molar-refractivity contribution is -0.0615. The molecule has 136 valence electrons. The molecule has 5 nitrogen and oxygen atoms in total. The van der Waals surface area contributed by atoms with E-state index < -0.39 is 0 Å². The van der Waals surface area contributed by atoms with E-state index in [1.54, 1.807) is 28.1 Å². The number of carbonyl (C=O) groups excluding carboxylic acids is 1. The second-order valence-electron chi connectivity index (χ2n) is 7.18. The number of carbonyl (C=O) groups is 1. The van der Waals surface area contributed by atoms with Gasteiger partial charge in [0.1, 0.15) is 11.5 Å². The summed E-state index contributed by atoms with van der Waals surface area (Å²) in [5.74, 6) is -0.430. The molecule has 4 rings (SSSR count). The molecular weight excluding hydrogens is 353 g/mol. The average molecular weight is 373 g/mol. The minimum atomic E-state index is -0.307. The van der Waals surface area contributed by atoms with E-state index in [1.807, 2.05) is 13.8 Å². The van der Waals surface area contributed by atoms with E-state index in [4.69, 9.17) is 4.74 Å². The van der Waals surface area contributed by atoms with Crippen LogP contribution in [0.4, 0.5) is 4.39 Å². The van der Waals surface area contributed by atoms with Crippen LogP contribution in [0.3, 0.4) is 0 Å². The number of thiazole rings is 1. The summed E-state index contributed by atoms with van der Waals surface area (Å²) in [6, 6.07) is 6.39. The lowest BCUT2D eigenvalue weighted by Crippen LogP contribution is -2.46. The standard InChI is InChI=1S/C19H20FN3O2S/c1-19(2)9-14(6-7-25-19)21-17(24)16-11-26-18-22-15(10-23(16)18)12-4-3-5-13(20)8-12/h3-5,8,10-11,14H,6-7,9H2,1-2H3,(H,21,24)/t14-/m0/s1. The molecule has 1 amide bonds. The van der Waals surface area contributed by atoms with Gasteiger partial charge in [-0.1, -0.05) is 12.1 Å². The number of nitrogens with zero attached hydrogens (tertiary/aromatic N) is 2.